The van der Waals surface area contributed by atoms with Gasteiger partial charge in [0.15, 0.2) is 0 Å². The van der Waals surface area contributed by atoms with E-state index in [2.05, 4.69) is 41.6 Å². The van der Waals surface area contributed by atoms with Gasteiger partial charge in [0.05, 0.1) is 11.9 Å². The number of amides is 1. The van der Waals surface area contributed by atoms with Crippen molar-refractivity contribution < 1.29 is 4.79 Å². The van der Waals surface area contributed by atoms with Crippen LogP contribution in [0.2, 0.25) is 0 Å². The first-order valence-electron chi connectivity index (χ1n) is 8.21. The van der Waals surface area contributed by atoms with Crippen LogP contribution < -0.4 is 10.6 Å². The predicted molar refractivity (Wildman–Crippen MR) is 103 cm³/mol. The van der Waals surface area contributed by atoms with Crippen LogP contribution in [0, 0.1) is 20.8 Å². The van der Waals surface area contributed by atoms with Crippen molar-refractivity contribution in [3.63, 3.8) is 0 Å². The van der Waals surface area contributed by atoms with E-state index in [9.17, 15) is 4.79 Å². The summed E-state index contributed by atoms with van der Waals surface area (Å²) in [5, 5.41) is 6.22. The highest BCUT2D eigenvalue weighted by molar-refractivity contribution is 6.05. The van der Waals surface area contributed by atoms with Gasteiger partial charge in [0.2, 0.25) is 0 Å². The standard InChI is InChI=1S/C21H21N3O/c1-14-7-4-5-10-18(14)21(25)23-17-11-12-19(22-13-17)24-20-15(2)8-6-9-16(20)3/h4-13H,1-3H3,(H,22,24)(H,23,25). The molecule has 0 saturated carbocycles. The molecule has 0 spiro atoms. The van der Waals surface area contributed by atoms with Gasteiger partial charge in [0.1, 0.15) is 5.82 Å². The van der Waals surface area contributed by atoms with Gasteiger partial charge < -0.3 is 10.6 Å². The smallest absolute Gasteiger partial charge is 0.255 e. The largest absolute Gasteiger partial charge is 0.340 e. The Bertz CT molecular complexity index is 881. The maximum absolute atomic E-state index is 12.3. The van der Waals surface area contributed by atoms with Gasteiger partial charge in [-0.05, 0) is 55.7 Å². The van der Waals surface area contributed by atoms with Crippen LogP contribution in [0.3, 0.4) is 0 Å². The van der Waals surface area contributed by atoms with Crippen molar-refractivity contribution >= 4 is 23.1 Å². The number of nitrogens with zero attached hydrogens (tertiary/aromatic N) is 1. The fourth-order valence-electron chi connectivity index (χ4n) is 2.71. The zero-order valence-electron chi connectivity index (χ0n) is 14.6. The number of anilines is 3. The number of carbonyl (C=O) groups is 1. The van der Waals surface area contributed by atoms with Gasteiger partial charge >= 0.3 is 0 Å². The number of carbonyl (C=O) groups excluding carboxylic acids is 1. The van der Waals surface area contributed by atoms with Gasteiger partial charge in [0, 0.05) is 11.3 Å². The third-order valence-corrected chi connectivity index (χ3v) is 4.15. The molecular weight excluding hydrogens is 310 g/mol. The summed E-state index contributed by atoms with van der Waals surface area (Å²) in [4.78, 5) is 16.7. The summed E-state index contributed by atoms with van der Waals surface area (Å²) in [6.45, 7) is 6.04. The Labute approximate surface area is 147 Å². The second-order valence-corrected chi connectivity index (χ2v) is 6.09. The molecule has 25 heavy (non-hydrogen) atoms. The highest BCUT2D eigenvalue weighted by Gasteiger charge is 2.09. The zero-order chi connectivity index (χ0) is 17.8. The summed E-state index contributed by atoms with van der Waals surface area (Å²) < 4.78 is 0. The predicted octanol–water partition coefficient (Wildman–Crippen LogP) is 5.00. The van der Waals surface area contributed by atoms with E-state index in [1.165, 1.54) is 11.1 Å². The van der Waals surface area contributed by atoms with Crippen LogP contribution in [-0.2, 0) is 0 Å². The van der Waals surface area contributed by atoms with Crippen LogP contribution in [0.25, 0.3) is 0 Å². The molecule has 1 heterocycles. The molecule has 3 aromatic rings. The first-order valence-corrected chi connectivity index (χ1v) is 8.21. The number of rotatable bonds is 4. The van der Waals surface area contributed by atoms with Crippen molar-refractivity contribution in [2.24, 2.45) is 0 Å². The number of para-hydroxylation sites is 1. The molecule has 2 N–H and O–H groups in total. The number of nitrogens with one attached hydrogen (secondary N) is 2. The lowest BCUT2D eigenvalue weighted by atomic mass is 10.1. The van der Waals surface area contributed by atoms with Crippen LogP contribution >= 0.6 is 0 Å². The molecule has 0 bridgehead atoms. The molecule has 1 aromatic heterocycles. The highest BCUT2D eigenvalue weighted by atomic mass is 16.1. The second kappa shape index (κ2) is 7.18. The fourth-order valence-corrected chi connectivity index (χ4v) is 2.71. The Balaban J connectivity index is 1.72. The van der Waals surface area contributed by atoms with Gasteiger partial charge in [-0.1, -0.05) is 36.4 Å². The number of hydrogen-bond donors (Lipinski definition) is 2. The maximum Gasteiger partial charge on any atom is 0.255 e. The molecule has 0 radical (unpaired) electrons. The van der Waals surface area contributed by atoms with Crippen molar-refractivity contribution in [1.29, 1.82) is 0 Å². The van der Waals surface area contributed by atoms with Crippen molar-refractivity contribution in [2.45, 2.75) is 20.8 Å². The second-order valence-electron chi connectivity index (χ2n) is 6.09. The number of aromatic nitrogens is 1. The highest BCUT2D eigenvalue weighted by Crippen LogP contribution is 2.23. The minimum atomic E-state index is -0.129. The monoisotopic (exact) mass is 331 g/mol. The van der Waals surface area contributed by atoms with Gasteiger partial charge in [-0.25, -0.2) is 4.98 Å². The zero-order valence-corrected chi connectivity index (χ0v) is 14.6. The van der Waals surface area contributed by atoms with Crippen LogP contribution in [0.15, 0.2) is 60.8 Å². The normalized spacial score (nSPS) is 10.4. The molecule has 0 unspecified atom stereocenters. The van der Waals surface area contributed by atoms with E-state index in [1.807, 2.05) is 49.4 Å². The van der Waals surface area contributed by atoms with Crippen molar-refractivity contribution in [1.82, 2.24) is 4.98 Å². The molecule has 4 nitrogen and oxygen atoms in total. The first-order chi connectivity index (χ1) is 12.0. The number of pyridine rings is 1. The quantitative estimate of drug-likeness (QED) is 0.707. The lowest BCUT2D eigenvalue weighted by Crippen LogP contribution is -2.13. The molecule has 126 valence electrons. The van der Waals surface area contributed by atoms with E-state index >= 15 is 0 Å². The topological polar surface area (TPSA) is 54.0 Å². The molecule has 0 fully saturated rings. The van der Waals surface area contributed by atoms with Crippen LogP contribution in [0.5, 0.6) is 0 Å². The SMILES string of the molecule is Cc1ccccc1C(=O)Nc1ccc(Nc2c(C)cccc2C)nc1. The van der Waals surface area contributed by atoms with E-state index in [0.29, 0.717) is 11.3 Å². The molecule has 0 atom stereocenters. The number of aryl methyl sites for hydroxylation is 3. The Kier molecular flexibility index (Phi) is 4.80. The molecule has 1 amide bonds. The molecular formula is C21H21N3O. The van der Waals surface area contributed by atoms with Crippen molar-refractivity contribution in [3.05, 3.63) is 83.0 Å². The van der Waals surface area contributed by atoms with Gasteiger partial charge in [-0.15, -0.1) is 0 Å². The first kappa shape index (κ1) is 16.7. The summed E-state index contributed by atoms with van der Waals surface area (Å²) in [7, 11) is 0. The minimum absolute atomic E-state index is 0.129. The Morgan fingerprint density at radius 2 is 1.52 bits per heavy atom. The third kappa shape index (κ3) is 3.86. The lowest BCUT2D eigenvalue weighted by molar-refractivity contribution is 0.102. The third-order valence-electron chi connectivity index (χ3n) is 4.15. The summed E-state index contributed by atoms with van der Waals surface area (Å²) in [6.07, 6.45) is 1.66. The number of benzene rings is 2. The average molecular weight is 331 g/mol. The van der Waals surface area contributed by atoms with Crippen LogP contribution in [-0.4, -0.2) is 10.9 Å². The summed E-state index contributed by atoms with van der Waals surface area (Å²) in [5.41, 5.74) is 5.67. The van der Waals surface area contributed by atoms with E-state index in [-0.39, 0.29) is 5.91 Å². The molecule has 2 aromatic carbocycles. The van der Waals surface area contributed by atoms with Crippen LogP contribution in [0.1, 0.15) is 27.0 Å². The van der Waals surface area contributed by atoms with Crippen molar-refractivity contribution in [3.8, 4) is 0 Å². The maximum atomic E-state index is 12.3. The minimum Gasteiger partial charge on any atom is -0.340 e. The Morgan fingerprint density at radius 1 is 0.840 bits per heavy atom. The summed E-state index contributed by atoms with van der Waals surface area (Å²) >= 11 is 0. The van der Waals surface area contributed by atoms with Crippen molar-refractivity contribution in [2.75, 3.05) is 10.6 Å². The van der Waals surface area contributed by atoms with E-state index < -0.39 is 0 Å². The Hall–Kier alpha value is -3.14. The van der Waals surface area contributed by atoms with E-state index in [4.69, 9.17) is 0 Å². The molecule has 3 rings (SSSR count). The van der Waals surface area contributed by atoms with Gasteiger partial charge in [0.25, 0.3) is 5.91 Å². The molecule has 0 aliphatic heterocycles. The molecule has 4 heteroatoms. The molecule has 0 aliphatic carbocycles. The van der Waals surface area contributed by atoms with Crippen LogP contribution in [0.4, 0.5) is 17.2 Å². The van der Waals surface area contributed by atoms with E-state index in [0.717, 1.165) is 17.1 Å². The Morgan fingerprint density at radius 3 is 2.16 bits per heavy atom. The van der Waals surface area contributed by atoms with E-state index in [1.54, 1.807) is 6.20 Å². The fraction of sp³-hybridized carbons (Fsp3) is 0.143. The summed E-state index contributed by atoms with van der Waals surface area (Å²) in [6, 6.07) is 17.4. The average Bonchev–Trinajstić information content (AvgIpc) is 2.60. The molecule has 0 saturated heterocycles. The lowest BCUT2D eigenvalue weighted by Gasteiger charge is -2.12. The number of hydrogen-bond acceptors (Lipinski definition) is 3. The van der Waals surface area contributed by atoms with Gasteiger partial charge in [-0.2, -0.15) is 0 Å². The van der Waals surface area contributed by atoms with Gasteiger partial charge in [-0.3, -0.25) is 4.79 Å². The molecule has 0 aliphatic rings. The summed E-state index contributed by atoms with van der Waals surface area (Å²) in [5.74, 6) is 0.613.